The molecule has 8 heteroatoms. The van der Waals surface area contributed by atoms with E-state index in [0.29, 0.717) is 23.4 Å². The summed E-state index contributed by atoms with van der Waals surface area (Å²) < 4.78 is 5.47. The summed E-state index contributed by atoms with van der Waals surface area (Å²) in [7, 11) is 0. The Bertz CT molecular complexity index is 1490. The van der Waals surface area contributed by atoms with E-state index in [1.165, 1.54) is 6.92 Å². The van der Waals surface area contributed by atoms with Crippen LogP contribution in [0.5, 0.6) is 5.75 Å². The van der Waals surface area contributed by atoms with Gasteiger partial charge in [-0.1, -0.05) is 48.5 Å². The van der Waals surface area contributed by atoms with Gasteiger partial charge in [0, 0.05) is 23.6 Å². The number of hydrogen-bond donors (Lipinski definition) is 2. The number of anilines is 1. The first-order valence-corrected chi connectivity index (χ1v) is 11.3. The van der Waals surface area contributed by atoms with Gasteiger partial charge in [0.15, 0.2) is 6.10 Å². The SMILES string of the molecule is CC(Oc1ccc2c(c1)N(C(=O)Cc1ccc(-c3n[nH]c(=O)c4ccccc34)cc1)CC2)C(=O)O. The van der Waals surface area contributed by atoms with E-state index in [-0.39, 0.29) is 17.9 Å². The van der Waals surface area contributed by atoms with Crippen LogP contribution in [-0.4, -0.2) is 39.8 Å². The lowest BCUT2D eigenvalue weighted by molar-refractivity contribution is -0.144. The van der Waals surface area contributed by atoms with E-state index >= 15 is 0 Å². The Kier molecular flexibility index (Phi) is 5.78. The number of nitrogens with zero attached hydrogens (tertiary/aromatic N) is 2. The average Bonchev–Trinajstić information content (AvgIpc) is 3.28. The molecule has 1 aliphatic heterocycles. The molecule has 0 aliphatic carbocycles. The van der Waals surface area contributed by atoms with Crippen molar-refractivity contribution in [2.45, 2.75) is 25.9 Å². The van der Waals surface area contributed by atoms with Gasteiger partial charge in [-0.15, -0.1) is 0 Å². The Morgan fingerprint density at radius 1 is 1.09 bits per heavy atom. The number of carbonyl (C=O) groups is 2. The lowest BCUT2D eigenvalue weighted by atomic mass is 10.0. The molecule has 2 N–H and O–H groups in total. The monoisotopic (exact) mass is 469 g/mol. The normalized spacial score (nSPS) is 13.5. The van der Waals surface area contributed by atoms with Crippen LogP contribution in [0, 0.1) is 0 Å². The van der Waals surface area contributed by atoms with Crippen molar-refractivity contribution in [3.63, 3.8) is 0 Å². The molecule has 0 saturated heterocycles. The Hall–Kier alpha value is -4.46. The van der Waals surface area contributed by atoms with Crippen LogP contribution in [0.25, 0.3) is 22.0 Å². The first-order valence-electron chi connectivity index (χ1n) is 11.3. The van der Waals surface area contributed by atoms with Gasteiger partial charge < -0.3 is 14.7 Å². The largest absolute Gasteiger partial charge is 0.479 e. The van der Waals surface area contributed by atoms with Crippen molar-refractivity contribution in [2.24, 2.45) is 0 Å². The molecule has 0 fully saturated rings. The fourth-order valence-electron chi connectivity index (χ4n) is 4.33. The maximum absolute atomic E-state index is 13.1. The van der Waals surface area contributed by atoms with E-state index in [9.17, 15) is 14.4 Å². The van der Waals surface area contributed by atoms with Gasteiger partial charge in [-0.25, -0.2) is 9.89 Å². The predicted molar refractivity (Wildman–Crippen MR) is 132 cm³/mol. The van der Waals surface area contributed by atoms with E-state index in [0.717, 1.165) is 34.2 Å². The molecule has 1 aromatic heterocycles. The van der Waals surface area contributed by atoms with Crippen LogP contribution in [0.4, 0.5) is 5.69 Å². The Morgan fingerprint density at radius 2 is 1.83 bits per heavy atom. The number of carbonyl (C=O) groups excluding carboxylic acids is 1. The minimum absolute atomic E-state index is 0.0486. The van der Waals surface area contributed by atoms with Gasteiger partial charge in [-0.3, -0.25) is 9.59 Å². The summed E-state index contributed by atoms with van der Waals surface area (Å²) in [5, 5.41) is 17.2. The number of benzene rings is 3. The second kappa shape index (κ2) is 9.06. The fraction of sp³-hybridized carbons (Fsp3) is 0.185. The van der Waals surface area contributed by atoms with Gasteiger partial charge in [0.1, 0.15) is 5.75 Å². The maximum atomic E-state index is 13.1. The smallest absolute Gasteiger partial charge is 0.344 e. The summed E-state index contributed by atoms with van der Waals surface area (Å²) >= 11 is 0. The van der Waals surface area contributed by atoms with Gasteiger partial charge in [-0.05, 0) is 36.6 Å². The number of carboxylic acid groups (broad SMARTS) is 1. The Morgan fingerprint density at radius 3 is 2.57 bits per heavy atom. The second-order valence-electron chi connectivity index (χ2n) is 8.50. The highest BCUT2D eigenvalue weighted by Crippen LogP contribution is 2.33. The number of H-pyrrole nitrogens is 1. The number of hydrogen-bond acceptors (Lipinski definition) is 5. The van der Waals surface area contributed by atoms with Crippen LogP contribution in [-0.2, 0) is 22.4 Å². The van der Waals surface area contributed by atoms with Gasteiger partial charge in [0.05, 0.1) is 23.2 Å². The zero-order valence-corrected chi connectivity index (χ0v) is 19.0. The molecule has 1 unspecified atom stereocenters. The number of aromatic nitrogens is 2. The highest BCUT2D eigenvalue weighted by atomic mass is 16.5. The summed E-state index contributed by atoms with van der Waals surface area (Å²) in [6, 6.07) is 20.2. The molecule has 0 bridgehead atoms. The number of fused-ring (bicyclic) bond motifs is 2. The third kappa shape index (κ3) is 4.38. The van der Waals surface area contributed by atoms with E-state index in [1.54, 1.807) is 23.1 Å². The summed E-state index contributed by atoms with van der Waals surface area (Å²) in [6.45, 7) is 2.03. The molecule has 3 aromatic carbocycles. The standard InChI is InChI=1S/C27H23N3O5/c1-16(27(33)34)35-20-11-10-18-12-13-30(23(18)15-20)24(31)14-17-6-8-19(9-7-17)25-21-4-2-3-5-22(21)26(32)29-28-25/h2-11,15-16H,12-14H2,1H3,(H,29,32)(H,33,34). The van der Waals surface area contributed by atoms with E-state index in [4.69, 9.17) is 9.84 Å². The molecule has 176 valence electrons. The fourth-order valence-corrected chi connectivity index (χ4v) is 4.33. The van der Waals surface area contributed by atoms with Gasteiger partial charge in [0.25, 0.3) is 5.56 Å². The number of carboxylic acids is 1. The third-order valence-corrected chi connectivity index (χ3v) is 6.19. The second-order valence-corrected chi connectivity index (χ2v) is 8.50. The summed E-state index contributed by atoms with van der Waals surface area (Å²) in [5.41, 5.74) is 3.92. The molecular weight excluding hydrogens is 446 g/mol. The zero-order valence-electron chi connectivity index (χ0n) is 19.0. The number of amides is 1. The molecule has 4 aromatic rings. The molecule has 2 heterocycles. The highest BCUT2D eigenvalue weighted by molar-refractivity contribution is 5.97. The summed E-state index contributed by atoms with van der Waals surface area (Å²) in [4.78, 5) is 38.0. The van der Waals surface area contributed by atoms with E-state index < -0.39 is 12.1 Å². The topological polar surface area (TPSA) is 113 Å². The maximum Gasteiger partial charge on any atom is 0.344 e. The molecule has 1 atom stereocenters. The van der Waals surface area contributed by atoms with E-state index in [1.807, 2.05) is 48.5 Å². The van der Waals surface area contributed by atoms with Crippen LogP contribution < -0.4 is 15.2 Å². The van der Waals surface area contributed by atoms with Gasteiger partial charge >= 0.3 is 5.97 Å². The van der Waals surface area contributed by atoms with Crippen molar-refractivity contribution in [3.8, 4) is 17.0 Å². The van der Waals surface area contributed by atoms with Crippen LogP contribution in [0.15, 0.2) is 71.5 Å². The molecule has 35 heavy (non-hydrogen) atoms. The molecule has 1 amide bonds. The van der Waals surface area contributed by atoms with Gasteiger partial charge in [-0.2, -0.15) is 5.10 Å². The van der Waals surface area contributed by atoms with Crippen LogP contribution in [0.3, 0.4) is 0 Å². The number of aliphatic carboxylic acids is 1. The molecular formula is C27H23N3O5. The van der Waals surface area contributed by atoms with Crippen LogP contribution in [0.2, 0.25) is 0 Å². The van der Waals surface area contributed by atoms with Crippen LogP contribution in [0.1, 0.15) is 18.1 Å². The average molecular weight is 469 g/mol. The number of ether oxygens (including phenoxy) is 1. The minimum atomic E-state index is -1.05. The number of nitrogens with one attached hydrogen (secondary N) is 1. The third-order valence-electron chi connectivity index (χ3n) is 6.19. The first kappa shape index (κ1) is 22.3. The van der Waals surface area contributed by atoms with Crippen molar-refractivity contribution < 1.29 is 19.4 Å². The highest BCUT2D eigenvalue weighted by Gasteiger charge is 2.26. The number of aromatic amines is 1. The quantitative estimate of drug-likeness (QED) is 0.446. The first-order chi connectivity index (χ1) is 16.9. The zero-order chi connectivity index (χ0) is 24.5. The van der Waals surface area contributed by atoms with Crippen molar-refractivity contribution >= 4 is 28.3 Å². The predicted octanol–water partition coefficient (Wildman–Crippen LogP) is 3.57. The lowest BCUT2D eigenvalue weighted by Gasteiger charge is -2.19. The molecule has 8 nitrogen and oxygen atoms in total. The van der Waals surface area contributed by atoms with Crippen molar-refractivity contribution in [3.05, 3.63) is 88.2 Å². The van der Waals surface area contributed by atoms with E-state index in [2.05, 4.69) is 10.2 Å². The van der Waals surface area contributed by atoms with Crippen LogP contribution >= 0.6 is 0 Å². The van der Waals surface area contributed by atoms with Crippen molar-refractivity contribution in [1.29, 1.82) is 0 Å². The molecule has 0 spiro atoms. The summed E-state index contributed by atoms with van der Waals surface area (Å²) in [6.07, 6.45) is -0.0262. The summed E-state index contributed by atoms with van der Waals surface area (Å²) in [5.74, 6) is -0.678. The molecule has 1 aliphatic rings. The Labute approximate surface area is 200 Å². The molecule has 0 saturated carbocycles. The van der Waals surface area contributed by atoms with Crippen molar-refractivity contribution in [2.75, 3.05) is 11.4 Å². The molecule has 0 radical (unpaired) electrons. The lowest BCUT2D eigenvalue weighted by Crippen LogP contribution is -2.30. The van der Waals surface area contributed by atoms with Gasteiger partial charge in [0.2, 0.25) is 5.91 Å². The van der Waals surface area contributed by atoms with Crippen molar-refractivity contribution in [1.82, 2.24) is 10.2 Å². The number of rotatable bonds is 6. The molecule has 5 rings (SSSR count). The Balaban J connectivity index is 1.34. The minimum Gasteiger partial charge on any atom is -0.479 e.